The van der Waals surface area contributed by atoms with Crippen LogP contribution in [0.2, 0.25) is 0 Å². The number of ether oxygens (including phenoxy) is 1. The largest absolute Gasteiger partial charge is 0.487 e. The number of hydrogen-bond acceptors (Lipinski definition) is 6. The van der Waals surface area contributed by atoms with Crippen LogP contribution >= 0.6 is 11.3 Å². The number of hydrogen-bond donors (Lipinski definition) is 1. The number of benzene rings is 1. The quantitative estimate of drug-likeness (QED) is 0.504. The second-order valence-electron chi connectivity index (χ2n) is 7.54. The van der Waals surface area contributed by atoms with Gasteiger partial charge in [-0.1, -0.05) is 17.4 Å². The van der Waals surface area contributed by atoms with Crippen LogP contribution in [-0.4, -0.2) is 26.1 Å². The number of pyridine rings is 1. The molecule has 0 spiro atoms. The summed E-state index contributed by atoms with van der Waals surface area (Å²) in [6, 6.07) is 10.9. The zero-order valence-corrected chi connectivity index (χ0v) is 17.7. The van der Waals surface area contributed by atoms with E-state index in [0.717, 1.165) is 35.4 Å². The number of amides is 1. The molecular weight excluding hydrogens is 412 g/mol. The number of nitrogens with zero attached hydrogens (tertiary/aromatic N) is 3. The maximum Gasteiger partial charge on any atom is 0.257 e. The minimum atomic E-state index is -0.263. The molecule has 1 N–H and O–H groups in total. The van der Waals surface area contributed by atoms with Crippen LogP contribution in [0.25, 0.3) is 5.65 Å². The van der Waals surface area contributed by atoms with E-state index in [0.29, 0.717) is 34.3 Å². The van der Waals surface area contributed by atoms with Gasteiger partial charge in [0.1, 0.15) is 18.0 Å². The zero-order valence-electron chi connectivity index (χ0n) is 16.9. The fraction of sp³-hybridized carbons (Fsp3) is 0.217. The average molecular weight is 433 g/mol. The van der Waals surface area contributed by atoms with Crippen molar-refractivity contribution in [3.05, 3.63) is 76.2 Å². The molecule has 0 bridgehead atoms. The number of carbonyl (C=O) groups excluding carboxylic acids is 2. The van der Waals surface area contributed by atoms with E-state index >= 15 is 0 Å². The van der Waals surface area contributed by atoms with E-state index < -0.39 is 0 Å². The van der Waals surface area contributed by atoms with E-state index in [4.69, 9.17) is 4.74 Å². The van der Waals surface area contributed by atoms with Gasteiger partial charge in [0.25, 0.3) is 5.91 Å². The third-order valence-electron chi connectivity index (χ3n) is 5.14. The summed E-state index contributed by atoms with van der Waals surface area (Å²) in [4.78, 5) is 34.1. The van der Waals surface area contributed by atoms with Crippen molar-refractivity contribution in [3.8, 4) is 5.75 Å². The van der Waals surface area contributed by atoms with Crippen LogP contribution in [-0.2, 0) is 13.0 Å². The Morgan fingerprint density at radius 2 is 1.97 bits per heavy atom. The van der Waals surface area contributed by atoms with Crippen LogP contribution in [0.3, 0.4) is 0 Å². The van der Waals surface area contributed by atoms with E-state index in [1.165, 1.54) is 11.3 Å². The Balaban J connectivity index is 1.22. The molecule has 0 fully saturated rings. The molecule has 5 rings (SSSR count). The van der Waals surface area contributed by atoms with Crippen LogP contribution in [0.1, 0.15) is 49.8 Å². The van der Waals surface area contributed by atoms with Gasteiger partial charge in [0.05, 0.1) is 16.3 Å². The van der Waals surface area contributed by atoms with Gasteiger partial charge in [0, 0.05) is 24.4 Å². The number of fused-ring (bicyclic) bond motifs is 2. The van der Waals surface area contributed by atoms with E-state index in [-0.39, 0.29) is 11.7 Å². The summed E-state index contributed by atoms with van der Waals surface area (Å²) in [6.45, 7) is 2.38. The Hall–Kier alpha value is -3.52. The lowest BCUT2D eigenvalue weighted by Crippen LogP contribution is -2.11. The van der Waals surface area contributed by atoms with Crippen molar-refractivity contribution < 1.29 is 14.3 Å². The van der Waals surface area contributed by atoms with Gasteiger partial charge < -0.3 is 9.14 Å². The highest BCUT2D eigenvalue weighted by molar-refractivity contribution is 7.17. The summed E-state index contributed by atoms with van der Waals surface area (Å²) in [6.07, 6.45) is 6.12. The molecule has 0 atom stereocenters. The molecule has 4 aromatic rings. The number of anilines is 1. The molecule has 31 heavy (non-hydrogen) atoms. The maximum atomic E-state index is 12.5. The number of ketones is 1. The Kier molecular flexibility index (Phi) is 4.99. The minimum absolute atomic E-state index is 0.112. The number of imidazole rings is 1. The van der Waals surface area contributed by atoms with E-state index in [1.807, 2.05) is 35.9 Å². The summed E-state index contributed by atoms with van der Waals surface area (Å²) < 4.78 is 7.79. The van der Waals surface area contributed by atoms with Gasteiger partial charge in [-0.2, -0.15) is 0 Å². The molecule has 3 aromatic heterocycles. The van der Waals surface area contributed by atoms with Gasteiger partial charge in [-0.25, -0.2) is 9.97 Å². The number of carbonyl (C=O) groups is 2. The fourth-order valence-electron chi connectivity index (χ4n) is 3.58. The highest BCUT2D eigenvalue weighted by Crippen LogP contribution is 2.30. The van der Waals surface area contributed by atoms with Crippen molar-refractivity contribution >= 4 is 33.8 Å². The fourth-order valence-corrected chi connectivity index (χ4v) is 4.55. The minimum Gasteiger partial charge on any atom is -0.487 e. The Labute approximate surface area is 182 Å². The predicted molar refractivity (Wildman–Crippen MR) is 118 cm³/mol. The number of nitrogens with one attached hydrogen (secondary N) is 1. The molecule has 7 nitrogen and oxygen atoms in total. The Morgan fingerprint density at radius 1 is 1.13 bits per heavy atom. The number of aryl methyl sites for hydroxylation is 2. The molecule has 0 radical (unpaired) electrons. The van der Waals surface area contributed by atoms with Gasteiger partial charge in [-0.3, -0.25) is 14.9 Å². The monoisotopic (exact) mass is 432 g/mol. The smallest absolute Gasteiger partial charge is 0.257 e. The van der Waals surface area contributed by atoms with Crippen LogP contribution in [0.5, 0.6) is 5.75 Å². The molecule has 0 saturated heterocycles. The Morgan fingerprint density at radius 3 is 2.77 bits per heavy atom. The second-order valence-corrected chi connectivity index (χ2v) is 8.54. The van der Waals surface area contributed by atoms with Crippen molar-refractivity contribution in [2.75, 3.05) is 5.32 Å². The van der Waals surface area contributed by atoms with Gasteiger partial charge >= 0.3 is 0 Å². The molecule has 8 heteroatoms. The molecule has 1 amide bonds. The summed E-state index contributed by atoms with van der Waals surface area (Å²) >= 11 is 1.25. The lowest BCUT2D eigenvalue weighted by Gasteiger charge is -2.06. The first-order valence-corrected chi connectivity index (χ1v) is 10.9. The highest BCUT2D eigenvalue weighted by atomic mass is 32.1. The molecule has 1 aliphatic rings. The topological polar surface area (TPSA) is 85.6 Å². The SMILES string of the molecule is Cc1ccc2nc(COc3ccc(C(=O)Nc4nc5c(s4)C(=O)CCC5)cc3)cn2c1. The summed E-state index contributed by atoms with van der Waals surface area (Å²) in [5.74, 6) is 0.502. The molecule has 156 valence electrons. The molecule has 0 unspecified atom stereocenters. The van der Waals surface area contributed by atoms with Crippen molar-refractivity contribution in [3.63, 3.8) is 0 Å². The second kappa shape index (κ2) is 7.96. The van der Waals surface area contributed by atoms with Gasteiger partial charge in [-0.15, -0.1) is 0 Å². The van der Waals surface area contributed by atoms with E-state index in [1.54, 1.807) is 24.3 Å². The standard InChI is InChI=1S/C23H20N4O3S/c1-14-5-10-20-24-16(12-27(20)11-14)13-30-17-8-6-15(7-9-17)22(29)26-23-25-18-3-2-4-19(28)21(18)31-23/h5-12H,2-4,13H2,1H3,(H,25,26,29). The molecule has 1 aromatic carbocycles. The maximum absolute atomic E-state index is 12.5. The summed E-state index contributed by atoms with van der Waals surface area (Å²) in [5, 5.41) is 3.26. The first kappa shape index (κ1) is 19.4. The highest BCUT2D eigenvalue weighted by Gasteiger charge is 2.23. The van der Waals surface area contributed by atoms with Crippen molar-refractivity contribution in [1.82, 2.24) is 14.4 Å². The van der Waals surface area contributed by atoms with E-state index in [2.05, 4.69) is 15.3 Å². The van der Waals surface area contributed by atoms with Crippen LogP contribution in [0.4, 0.5) is 5.13 Å². The molecule has 1 aliphatic carbocycles. The molecule has 0 aliphatic heterocycles. The molecule has 0 saturated carbocycles. The number of Topliss-reactive ketones (excluding diaryl/α,β-unsaturated/α-hetero) is 1. The van der Waals surface area contributed by atoms with Gasteiger partial charge in [0.15, 0.2) is 10.9 Å². The number of thiazole rings is 1. The van der Waals surface area contributed by atoms with Crippen LogP contribution < -0.4 is 10.1 Å². The van der Waals surface area contributed by atoms with E-state index in [9.17, 15) is 9.59 Å². The number of aromatic nitrogens is 3. The van der Waals surface area contributed by atoms with Crippen molar-refractivity contribution in [1.29, 1.82) is 0 Å². The Bertz CT molecular complexity index is 1290. The number of rotatable bonds is 5. The summed E-state index contributed by atoms with van der Waals surface area (Å²) in [5.41, 5.74) is 4.16. The molecular formula is C23H20N4O3S. The van der Waals surface area contributed by atoms with Crippen LogP contribution in [0, 0.1) is 6.92 Å². The van der Waals surface area contributed by atoms with Crippen LogP contribution in [0.15, 0.2) is 48.8 Å². The summed E-state index contributed by atoms with van der Waals surface area (Å²) in [7, 11) is 0. The first-order valence-electron chi connectivity index (χ1n) is 10.1. The van der Waals surface area contributed by atoms with Gasteiger partial charge in [0.2, 0.25) is 0 Å². The third kappa shape index (κ3) is 4.06. The average Bonchev–Trinajstić information content (AvgIpc) is 3.36. The third-order valence-corrected chi connectivity index (χ3v) is 6.19. The first-order chi connectivity index (χ1) is 15.0. The van der Waals surface area contributed by atoms with Crippen molar-refractivity contribution in [2.24, 2.45) is 0 Å². The predicted octanol–water partition coefficient (Wildman–Crippen LogP) is 4.45. The normalized spacial score (nSPS) is 13.3. The lowest BCUT2D eigenvalue weighted by molar-refractivity contribution is 0.0975. The van der Waals surface area contributed by atoms with Crippen molar-refractivity contribution in [2.45, 2.75) is 32.8 Å². The lowest BCUT2D eigenvalue weighted by atomic mass is 10.0. The molecule has 3 heterocycles. The van der Waals surface area contributed by atoms with Gasteiger partial charge in [-0.05, 0) is 55.7 Å². The zero-order chi connectivity index (χ0) is 21.4.